The van der Waals surface area contributed by atoms with E-state index in [-0.39, 0.29) is 0 Å². The maximum atomic E-state index is 6.07. The number of fused-ring (bicyclic) bond motifs is 1. The third-order valence-electron chi connectivity index (χ3n) is 3.27. The van der Waals surface area contributed by atoms with Crippen LogP contribution in [0.3, 0.4) is 0 Å². The summed E-state index contributed by atoms with van der Waals surface area (Å²) in [4.78, 5) is 10.5. The number of benzene rings is 1. The molecule has 22 heavy (non-hydrogen) atoms. The number of halogens is 1. The molecule has 0 aliphatic carbocycles. The molecule has 6 nitrogen and oxygen atoms in total. The molecule has 0 fully saturated rings. The molecule has 3 rings (SSSR count). The van der Waals surface area contributed by atoms with Crippen molar-refractivity contribution in [2.75, 3.05) is 25.1 Å². The first-order valence-corrected chi connectivity index (χ1v) is 7.29. The fourth-order valence-corrected chi connectivity index (χ4v) is 2.34. The standard InChI is InChI=1S/C15H16ClN5O/c1-11-9-14(21-15(19-11)17-10-18-21)20(2)7-8-22-13-6-4-3-5-12(13)16/h3-6,9-10H,7-8H2,1-2H3. The molecule has 0 saturated carbocycles. The smallest absolute Gasteiger partial charge is 0.254 e. The highest BCUT2D eigenvalue weighted by atomic mass is 35.5. The van der Waals surface area contributed by atoms with Crippen molar-refractivity contribution in [3.8, 4) is 5.75 Å². The second kappa shape index (κ2) is 6.19. The molecule has 0 atom stereocenters. The molecule has 0 aliphatic heterocycles. The lowest BCUT2D eigenvalue weighted by Crippen LogP contribution is -2.26. The first-order chi connectivity index (χ1) is 10.6. The fraction of sp³-hybridized carbons (Fsp3) is 0.267. The van der Waals surface area contributed by atoms with Crippen LogP contribution >= 0.6 is 11.6 Å². The van der Waals surface area contributed by atoms with Crippen molar-refractivity contribution in [3.63, 3.8) is 0 Å². The number of hydrogen-bond donors (Lipinski definition) is 0. The number of rotatable bonds is 5. The number of likely N-dealkylation sites (N-methyl/N-ethyl adjacent to an activating group) is 1. The minimum Gasteiger partial charge on any atom is -0.490 e. The minimum absolute atomic E-state index is 0.512. The largest absolute Gasteiger partial charge is 0.490 e. The molecule has 0 aliphatic rings. The number of aryl methyl sites for hydroxylation is 1. The van der Waals surface area contributed by atoms with E-state index in [2.05, 4.69) is 15.1 Å². The number of aromatic nitrogens is 4. The molecule has 7 heteroatoms. The van der Waals surface area contributed by atoms with Gasteiger partial charge in [0.05, 0.1) is 11.6 Å². The fourth-order valence-electron chi connectivity index (χ4n) is 2.15. The molecule has 2 heterocycles. The van der Waals surface area contributed by atoms with E-state index in [4.69, 9.17) is 16.3 Å². The Kier molecular flexibility index (Phi) is 4.11. The summed E-state index contributed by atoms with van der Waals surface area (Å²) >= 11 is 6.07. The van der Waals surface area contributed by atoms with E-state index in [1.165, 1.54) is 6.33 Å². The van der Waals surface area contributed by atoms with Gasteiger partial charge in [-0.3, -0.25) is 0 Å². The van der Waals surface area contributed by atoms with Gasteiger partial charge >= 0.3 is 0 Å². The summed E-state index contributed by atoms with van der Waals surface area (Å²) in [5.41, 5.74) is 0.898. The zero-order valence-electron chi connectivity index (χ0n) is 12.4. The van der Waals surface area contributed by atoms with Crippen LogP contribution in [0.15, 0.2) is 36.7 Å². The maximum Gasteiger partial charge on any atom is 0.254 e. The molecule has 0 spiro atoms. The quantitative estimate of drug-likeness (QED) is 0.724. The third kappa shape index (κ3) is 2.96. The van der Waals surface area contributed by atoms with Gasteiger partial charge in [0.1, 0.15) is 24.5 Å². The van der Waals surface area contributed by atoms with Crippen LogP contribution in [0, 0.1) is 6.92 Å². The number of ether oxygens (including phenoxy) is 1. The Balaban J connectivity index is 1.70. The average molecular weight is 318 g/mol. The monoisotopic (exact) mass is 317 g/mol. The van der Waals surface area contributed by atoms with E-state index in [0.717, 1.165) is 11.5 Å². The van der Waals surface area contributed by atoms with E-state index in [9.17, 15) is 0 Å². The molecule has 0 N–H and O–H groups in total. The van der Waals surface area contributed by atoms with Gasteiger partial charge in [-0.1, -0.05) is 23.7 Å². The van der Waals surface area contributed by atoms with Crippen LogP contribution < -0.4 is 9.64 Å². The lowest BCUT2D eigenvalue weighted by atomic mass is 10.3. The maximum absolute atomic E-state index is 6.07. The number of nitrogens with zero attached hydrogens (tertiary/aromatic N) is 5. The molecule has 3 aromatic rings. The van der Waals surface area contributed by atoms with Crippen molar-refractivity contribution in [1.82, 2.24) is 19.6 Å². The van der Waals surface area contributed by atoms with E-state index in [0.29, 0.717) is 29.7 Å². The van der Waals surface area contributed by atoms with Crippen LogP contribution in [0.5, 0.6) is 5.75 Å². The van der Waals surface area contributed by atoms with Crippen molar-refractivity contribution in [1.29, 1.82) is 0 Å². The van der Waals surface area contributed by atoms with Crippen molar-refractivity contribution in [2.45, 2.75) is 6.92 Å². The van der Waals surface area contributed by atoms with E-state index >= 15 is 0 Å². The normalized spacial score (nSPS) is 10.9. The van der Waals surface area contributed by atoms with Gasteiger partial charge in [-0.05, 0) is 19.1 Å². The highest BCUT2D eigenvalue weighted by Gasteiger charge is 2.10. The number of hydrogen-bond acceptors (Lipinski definition) is 5. The second-order valence-electron chi connectivity index (χ2n) is 4.93. The topological polar surface area (TPSA) is 55.6 Å². The summed E-state index contributed by atoms with van der Waals surface area (Å²) in [6.07, 6.45) is 1.50. The first kappa shape index (κ1) is 14.6. The summed E-state index contributed by atoms with van der Waals surface area (Å²) < 4.78 is 7.43. The van der Waals surface area contributed by atoms with Crippen LogP contribution in [-0.2, 0) is 0 Å². The number of anilines is 1. The van der Waals surface area contributed by atoms with Crippen LogP contribution in [-0.4, -0.2) is 39.8 Å². The second-order valence-corrected chi connectivity index (χ2v) is 5.34. The molecule has 0 unspecified atom stereocenters. The van der Waals surface area contributed by atoms with Crippen molar-refractivity contribution in [2.24, 2.45) is 0 Å². The molecule has 2 aromatic heterocycles. The van der Waals surface area contributed by atoms with Gasteiger partial charge in [0, 0.05) is 18.8 Å². The Morgan fingerprint density at radius 1 is 1.32 bits per heavy atom. The van der Waals surface area contributed by atoms with Gasteiger partial charge in [0.2, 0.25) is 0 Å². The van der Waals surface area contributed by atoms with Crippen LogP contribution in [0.1, 0.15) is 5.69 Å². The Bertz CT molecular complexity index is 788. The Morgan fingerprint density at radius 3 is 2.95 bits per heavy atom. The van der Waals surface area contributed by atoms with Crippen LogP contribution in [0.4, 0.5) is 5.82 Å². The molecule has 0 bridgehead atoms. The molecule has 0 saturated heterocycles. The van der Waals surface area contributed by atoms with Gasteiger partial charge in [0.15, 0.2) is 0 Å². The zero-order valence-corrected chi connectivity index (χ0v) is 13.2. The zero-order chi connectivity index (χ0) is 15.5. The molecule has 1 aromatic carbocycles. The van der Waals surface area contributed by atoms with Crippen LogP contribution in [0.25, 0.3) is 5.78 Å². The SMILES string of the molecule is Cc1cc(N(C)CCOc2ccccc2Cl)n2ncnc2n1. The van der Waals surface area contributed by atoms with Gasteiger partial charge in [-0.15, -0.1) is 0 Å². The van der Waals surface area contributed by atoms with Crippen molar-refractivity contribution >= 4 is 23.2 Å². The molecular weight excluding hydrogens is 302 g/mol. The highest BCUT2D eigenvalue weighted by molar-refractivity contribution is 6.32. The van der Waals surface area contributed by atoms with E-state index < -0.39 is 0 Å². The van der Waals surface area contributed by atoms with E-state index in [1.54, 1.807) is 4.52 Å². The first-order valence-electron chi connectivity index (χ1n) is 6.91. The summed E-state index contributed by atoms with van der Waals surface area (Å²) in [5.74, 6) is 2.20. The predicted octanol–water partition coefficient (Wildman–Crippen LogP) is 2.60. The van der Waals surface area contributed by atoms with Gasteiger partial charge in [-0.25, -0.2) is 4.98 Å². The summed E-state index contributed by atoms with van der Waals surface area (Å²) in [6, 6.07) is 9.41. The average Bonchev–Trinajstić information content (AvgIpc) is 2.96. The Labute approximate surface area is 133 Å². The van der Waals surface area contributed by atoms with Crippen molar-refractivity contribution in [3.05, 3.63) is 47.4 Å². The van der Waals surface area contributed by atoms with E-state index in [1.807, 2.05) is 49.2 Å². The minimum atomic E-state index is 0.512. The third-order valence-corrected chi connectivity index (χ3v) is 3.59. The molecule has 0 radical (unpaired) electrons. The molecule has 0 amide bonds. The van der Waals surface area contributed by atoms with Crippen LogP contribution in [0.2, 0.25) is 5.02 Å². The Hall–Kier alpha value is -2.34. The highest BCUT2D eigenvalue weighted by Crippen LogP contribution is 2.23. The van der Waals surface area contributed by atoms with Gasteiger partial charge < -0.3 is 9.64 Å². The summed E-state index contributed by atoms with van der Waals surface area (Å²) in [6.45, 7) is 3.13. The van der Waals surface area contributed by atoms with Gasteiger partial charge in [0.25, 0.3) is 5.78 Å². The van der Waals surface area contributed by atoms with Gasteiger partial charge in [-0.2, -0.15) is 14.6 Å². The summed E-state index contributed by atoms with van der Waals surface area (Å²) in [5, 5.41) is 4.82. The Morgan fingerprint density at radius 2 is 2.14 bits per heavy atom. The lowest BCUT2D eigenvalue weighted by molar-refractivity contribution is 0.325. The molecular formula is C15H16ClN5O. The molecule has 114 valence electrons. The van der Waals surface area contributed by atoms with Crippen molar-refractivity contribution < 1.29 is 4.74 Å². The number of para-hydroxylation sites is 1. The summed E-state index contributed by atoms with van der Waals surface area (Å²) in [7, 11) is 1.98. The lowest BCUT2D eigenvalue weighted by Gasteiger charge is -2.20. The predicted molar refractivity (Wildman–Crippen MR) is 85.7 cm³/mol.